The van der Waals surface area contributed by atoms with Crippen LogP contribution in [0.2, 0.25) is 0 Å². The van der Waals surface area contributed by atoms with Crippen molar-refractivity contribution < 1.29 is 23.8 Å². The van der Waals surface area contributed by atoms with E-state index in [1.165, 1.54) is 0 Å². The lowest BCUT2D eigenvalue weighted by Crippen LogP contribution is -2.47. The standard InChI is InChI=1S/C39H49FN10O4/c1-25(2)33-23-45-50-36(33)47-38(43-22-29-11-14-49(24-34(29)51)15-17-54-19-18-53-16-12-41)48-39(50)44-21-28-6-4-5-7-31(28)35-32-9-8-30(46-37(52)26(3)40)20-27(32)10-13-42-35/h4-10,13,20,23,25,29,34,51H,3,11-12,14-19,21-22,24,41H2,1-2H3,(H,46,52)(H2,43,44,47,48)/t29-,34+/m1/s1. The van der Waals surface area contributed by atoms with Gasteiger partial charge in [-0.1, -0.05) is 50.8 Å². The maximum Gasteiger partial charge on any atom is 0.283 e. The van der Waals surface area contributed by atoms with Crippen molar-refractivity contribution in [1.29, 1.82) is 0 Å². The molecule has 286 valence electrons. The third-order valence-corrected chi connectivity index (χ3v) is 9.51. The Labute approximate surface area is 314 Å². The molecule has 15 heteroatoms. The largest absolute Gasteiger partial charge is 0.391 e. The highest BCUT2D eigenvalue weighted by molar-refractivity contribution is 6.04. The Balaban J connectivity index is 1.15. The summed E-state index contributed by atoms with van der Waals surface area (Å²) in [6.07, 6.45) is 3.87. The second-order valence-corrected chi connectivity index (χ2v) is 13.6. The van der Waals surface area contributed by atoms with Crippen molar-refractivity contribution in [2.45, 2.75) is 38.8 Å². The highest BCUT2D eigenvalue weighted by atomic mass is 19.1. The number of pyridine rings is 1. The average Bonchev–Trinajstić information content (AvgIpc) is 3.61. The third kappa shape index (κ3) is 9.53. The molecule has 6 rings (SSSR count). The minimum Gasteiger partial charge on any atom is -0.391 e. The fraction of sp³-hybridized carbons (Fsp3) is 0.410. The number of β-amino-alcohol motifs (C(OH)–C–C–N with tert-alkyl or cyclic N) is 1. The van der Waals surface area contributed by atoms with E-state index in [0.29, 0.717) is 75.8 Å². The lowest BCUT2D eigenvalue weighted by molar-refractivity contribution is -0.114. The SMILES string of the molecule is C=C(F)C(=O)Nc1ccc2c(-c3ccccc3CNc3nc(NC[C@H]4CCN(CCOCCOCCN)C[C@@H]4O)nc4c(C(C)C)cnn34)nccc2c1. The number of carbonyl (C=O) groups is 1. The summed E-state index contributed by atoms with van der Waals surface area (Å²) in [5, 5.41) is 26.8. The van der Waals surface area contributed by atoms with Crippen molar-refractivity contribution >= 4 is 39.9 Å². The molecular weight excluding hydrogens is 691 g/mol. The number of rotatable bonds is 18. The molecule has 1 amide bonds. The highest BCUT2D eigenvalue weighted by Gasteiger charge is 2.28. The average molecular weight is 741 g/mol. The Bertz CT molecular complexity index is 2060. The number of ether oxygens (including phenoxy) is 2. The molecule has 2 atom stereocenters. The van der Waals surface area contributed by atoms with E-state index in [4.69, 9.17) is 30.2 Å². The molecule has 54 heavy (non-hydrogen) atoms. The first-order valence-electron chi connectivity index (χ1n) is 18.3. The van der Waals surface area contributed by atoms with Crippen LogP contribution in [0.1, 0.15) is 37.3 Å². The first-order chi connectivity index (χ1) is 26.2. The van der Waals surface area contributed by atoms with Crippen molar-refractivity contribution in [1.82, 2.24) is 29.5 Å². The van der Waals surface area contributed by atoms with E-state index in [-0.39, 0.29) is 11.8 Å². The molecule has 1 aliphatic heterocycles. The van der Waals surface area contributed by atoms with Gasteiger partial charge in [0, 0.05) is 67.0 Å². The number of benzene rings is 2. The monoisotopic (exact) mass is 740 g/mol. The van der Waals surface area contributed by atoms with Crippen molar-refractivity contribution in [3.05, 3.63) is 84.5 Å². The molecule has 0 unspecified atom stereocenters. The number of nitrogens with zero attached hydrogens (tertiary/aromatic N) is 6. The van der Waals surface area contributed by atoms with E-state index in [1.807, 2.05) is 42.6 Å². The summed E-state index contributed by atoms with van der Waals surface area (Å²) < 4.78 is 26.1. The van der Waals surface area contributed by atoms with Crippen LogP contribution in [-0.2, 0) is 20.8 Å². The van der Waals surface area contributed by atoms with Gasteiger partial charge in [0.25, 0.3) is 5.91 Å². The molecule has 1 fully saturated rings. The number of anilines is 3. The Morgan fingerprint density at radius 2 is 1.91 bits per heavy atom. The van der Waals surface area contributed by atoms with Crippen molar-refractivity contribution in [3.63, 3.8) is 0 Å². The van der Waals surface area contributed by atoms with Gasteiger partial charge in [-0.15, -0.1) is 0 Å². The Morgan fingerprint density at radius 1 is 1.09 bits per heavy atom. The molecular formula is C39H49FN10O4. The normalized spacial score (nSPS) is 16.3. The molecule has 4 heterocycles. The van der Waals surface area contributed by atoms with Crippen LogP contribution in [-0.4, -0.2) is 106 Å². The lowest BCUT2D eigenvalue weighted by Gasteiger charge is -2.35. The van der Waals surface area contributed by atoms with E-state index < -0.39 is 17.8 Å². The number of halogens is 1. The summed E-state index contributed by atoms with van der Waals surface area (Å²) in [5.74, 6) is -0.736. The van der Waals surface area contributed by atoms with Crippen LogP contribution in [0.5, 0.6) is 0 Å². The quantitative estimate of drug-likeness (QED) is 0.0625. The van der Waals surface area contributed by atoms with Gasteiger partial charge in [0.1, 0.15) is 0 Å². The van der Waals surface area contributed by atoms with Gasteiger partial charge in [-0.05, 0) is 48.0 Å². The van der Waals surface area contributed by atoms with Crippen molar-refractivity contribution in [2.24, 2.45) is 11.7 Å². The number of aromatic nitrogens is 5. The molecule has 0 aliphatic carbocycles. The second kappa shape index (κ2) is 18.3. The molecule has 0 radical (unpaired) electrons. The van der Waals surface area contributed by atoms with Crippen LogP contribution in [0.15, 0.2) is 73.3 Å². The zero-order chi connectivity index (χ0) is 38.0. The van der Waals surface area contributed by atoms with Gasteiger partial charge in [-0.25, -0.2) is 4.39 Å². The third-order valence-electron chi connectivity index (χ3n) is 9.51. The van der Waals surface area contributed by atoms with E-state index >= 15 is 0 Å². The lowest BCUT2D eigenvalue weighted by atomic mass is 9.94. The molecule has 0 spiro atoms. The molecule has 2 aromatic carbocycles. The summed E-state index contributed by atoms with van der Waals surface area (Å²) >= 11 is 0. The molecule has 3 aromatic heterocycles. The molecule has 1 saturated heterocycles. The maximum atomic E-state index is 13.3. The number of fused-ring (bicyclic) bond motifs is 2. The van der Waals surface area contributed by atoms with Crippen LogP contribution < -0.4 is 21.7 Å². The Morgan fingerprint density at radius 3 is 2.69 bits per heavy atom. The summed E-state index contributed by atoms with van der Waals surface area (Å²) in [6, 6.07) is 15.2. The van der Waals surface area contributed by atoms with Crippen LogP contribution in [0, 0.1) is 5.92 Å². The van der Waals surface area contributed by atoms with Gasteiger partial charge in [0.15, 0.2) is 11.5 Å². The van der Waals surface area contributed by atoms with Crippen LogP contribution >= 0.6 is 0 Å². The van der Waals surface area contributed by atoms with Gasteiger partial charge < -0.3 is 36.3 Å². The van der Waals surface area contributed by atoms with E-state index in [9.17, 15) is 14.3 Å². The first-order valence-corrected chi connectivity index (χ1v) is 18.3. The number of hydrogen-bond donors (Lipinski definition) is 5. The van der Waals surface area contributed by atoms with Gasteiger partial charge in [-0.3, -0.25) is 14.7 Å². The predicted molar refractivity (Wildman–Crippen MR) is 208 cm³/mol. The van der Waals surface area contributed by atoms with Gasteiger partial charge >= 0.3 is 0 Å². The minimum absolute atomic E-state index is 0.0353. The summed E-state index contributed by atoms with van der Waals surface area (Å²) in [5.41, 5.74) is 10.3. The fourth-order valence-corrected chi connectivity index (χ4v) is 6.55. The first kappa shape index (κ1) is 38.7. The van der Waals surface area contributed by atoms with Gasteiger partial charge in [-0.2, -0.15) is 19.6 Å². The zero-order valence-electron chi connectivity index (χ0n) is 30.8. The number of nitrogens with two attached hydrogens (primary N) is 1. The van der Waals surface area contributed by atoms with Gasteiger partial charge in [0.05, 0.1) is 44.4 Å². The molecule has 14 nitrogen and oxygen atoms in total. The number of nitrogens with one attached hydrogen (secondary N) is 3. The number of aliphatic hydroxyl groups is 1. The molecule has 0 bridgehead atoms. The van der Waals surface area contributed by atoms with Crippen molar-refractivity contribution in [2.75, 3.05) is 75.1 Å². The van der Waals surface area contributed by atoms with Crippen molar-refractivity contribution in [3.8, 4) is 11.3 Å². The number of amides is 1. The zero-order valence-corrected chi connectivity index (χ0v) is 30.8. The number of piperidine rings is 1. The predicted octanol–water partition coefficient (Wildman–Crippen LogP) is 4.58. The van der Waals surface area contributed by atoms with Crippen LogP contribution in [0.4, 0.5) is 22.0 Å². The second-order valence-electron chi connectivity index (χ2n) is 13.6. The number of hydrogen-bond acceptors (Lipinski definition) is 12. The Kier molecular flexibility index (Phi) is 13.1. The fourth-order valence-electron chi connectivity index (χ4n) is 6.55. The minimum atomic E-state index is -1.05. The number of aliphatic hydroxyl groups excluding tert-OH is 1. The topological polar surface area (TPSA) is 177 Å². The Hall–Kier alpha value is -5.06. The summed E-state index contributed by atoms with van der Waals surface area (Å²) in [7, 11) is 0. The highest BCUT2D eigenvalue weighted by Crippen LogP contribution is 2.31. The summed E-state index contributed by atoms with van der Waals surface area (Å²) in [6.45, 7) is 13.1. The van der Waals surface area contributed by atoms with Gasteiger partial charge in [0.2, 0.25) is 11.9 Å². The van der Waals surface area contributed by atoms with E-state index in [2.05, 4.69) is 46.4 Å². The smallest absolute Gasteiger partial charge is 0.283 e. The van der Waals surface area contributed by atoms with E-state index in [0.717, 1.165) is 52.7 Å². The molecule has 6 N–H and O–H groups in total. The molecule has 5 aromatic rings. The molecule has 0 saturated carbocycles. The van der Waals surface area contributed by atoms with Crippen LogP contribution in [0.3, 0.4) is 0 Å². The number of carbonyl (C=O) groups excluding carboxylic acids is 1. The maximum absolute atomic E-state index is 13.3. The molecule has 1 aliphatic rings. The summed E-state index contributed by atoms with van der Waals surface area (Å²) in [4.78, 5) is 28.5. The van der Waals surface area contributed by atoms with Crippen LogP contribution in [0.25, 0.3) is 27.7 Å². The van der Waals surface area contributed by atoms with E-state index in [1.54, 1.807) is 22.8 Å². The number of likely N-dealkylation sites (tertiary alicyclic amines) is 1.